The largest absolute Gasteiger partial charge is 0.293 e. The van der Waals surface area contributed by atoms with Crippen LogP contribution >= 0.6 is 92.3 Å². The van der Waals surface area contributed by atoms with Gasteiger partial charge in [0.25, 0.3) is 0 Å². The summed E-state index contributed by atoms with van der Waals surface area (Å²) in [5.74, 6) is -0.140. The average molecular weight is 513 g/mol. The van der Waals surface area contributed by atoms with Gasteiger partial charge in [-0.2, -0.15) is 0 Å². The summed E-state index contributed by atoms with van der Waals surface area (Å²) in [7, 11) is 0. The number of hydrogen-bond acceptors (Lipinski definition) is 4. The maximum Gasteiger partial charge on any atom is 0.174 e. The Morgan fingerprint density at radius 1 is 0.577 bits per heavy atom. The van der Waals surface area contributed by atoms with Crippen LogP contribution < -0.4 is 0 Å². The predicted octanol–water partition coefficient (Wildman–Crippen LogP) is 9.14. The molecule has 2 nitrogen and oxygen atoms in total. The van der Waals surface area contributed by atoms with Crippen molar-refractivity contribution in [2.45, 2.75) is 38.5 Å². The molecule has 0 aliphatic heterocycles. The maximum absolute atomic E-state index is 12.1. The van der Waals surface area contributed by atoms with Crippen LogP contribution in [-0.2, 0) is 0 Å². The maximum atomic E-state index is 12.1. The van der Waals surface area contributed by atoms with E-state index in [1.807, 2.05) is 0 Å². The van der Waals surface area contributed by atoms with Crippen molar-refractivity contribution in [3.05, 3.63) is 38.5 Å². The summed E-state index contributed by atoms with van der Waals surface area (Å²) < 4.78 is 0.650. The summed E-state index contributed by atoms with van der Waals surface area (Å²) in [4.78, 5) is 25.1. The molecular weight excluding hydrogens is 501 g/mol. The highest BCUT2D eigenvalue weighted by Gasteiger charge is 2.20. The Labute approximate surface area is 189 Å². The number of carbonyl (C=O) groups excluding carboxylic acids is 2. The number of hydrogen-bond donors (Lipinski definition) is 0. The highest BCUT2D eigenvalue weighted by Crippen LogP contribution is 2.42. The van der Waals surface area contributed by atoms with E-state index in [-0.39, 0.29) is 31.7 Å². The molecule has 0 aromatic carbocycles. The number of carbonyl (C=O) groups is 2. The third-order valence-electron chi connectivity index (χ3n) is 3.58. The lowest BCUT2D eigenvalue weighted by Crippen LogP contribution is -1.98. The van der Waals surface area contributed by atoms with Crippen LogP contribution in [0.4, 0.5) is 0 Å². The zero-order valence-electron chi connectivity index (χ0n) is 13.1. The first-order chi connectivity index (χ1) is 12.2. The summed E-state index contributed by atoms with van der Waals surface area (Å²) in [5.41, 5.74) is 0. The zero-order chi connectivity index (χ0) is 19.4. The standard InChI is InChI=1S/C16H12Cl6O2S2/c17-9-11(19)15(21)25-13(9)7(23)5-3-1-2-4-6-8(24)14-10(18)12(20)16(22)26-14/h1-6H2. The monoisotopic (exact) mass is 510 g/mol. The van der Waals surface area contributed by atoms with Crippen molar-refractivity contribution < 1.29 is 9.59 Å². The lowest BCUT2D eigenvalue weighted by molar-refractivity contribution is 0.0970. The van der Waals surface area contributed by atoms with Gasteiger partial charge in [-0.25, -0.2) is 0 Å². The fraction of sp³-hybridized carbons (Fsp3) is 0.375. The molecule has 0 unspecified atom stereocenters. The summed E-state index contributed by atoms with van der Waals surface area (Å²) in [6, 6.07) is 0. The summed E-state index contributed by atoms with van der Waals surface area (Å²) >= 11 is 37.7. The van der Waals surface area contributed by atoms with E-state index in [9.17, 15) is 9.59 Å². The van der Waals surface area contributed by atoms with Crippen LogP contribution in [0.25, 0.3) is 0 Å². The van der Waals surface area contributed by atoms with E-state index in [0.717, 1.165) is 35.5 Å². The molecule has 2 rings (SSSR count). The van der Waals surface area contributed by atoms with E-state index in [4.69, 9.17) is 69.6 Å². The SMILES string of the molecule is O=C(CCCCCCC(=O)c1sc(Cl)c(Cl)c1Cl)c1sc(Cl)c(Cl)c1Cl. The number of halogens is 6. The smallest absolute Gasteiger partial charge is 0.174 e. The van der Waals surface area contributed by atoms with Crippen molar-refractivity contribution >= 4 is 104 Å². The molecule has 0 amide bonds. The Hall–Kier alpha value is 0.480. The van der Waals surface area contributed by atoms with Gasteiger partial charge in [-0.05, 0) is 12.8 Å². The quantitative estimate of drug-likeness (QED) is 0.248. The van der Waals surface area contributed by atoms with E-state index >= 15 is 0 Å². The Kier molecular flexibility index (Phi) is 9.03. The molecule has 0 radical (unpaired) electrons. The first kappa shape index (κ1) is 22.8. The van der Waals surface area contributed by atoms with Crippen molar-refractivity contribution in [2.24, 2.45) is 0 Å². The lowest BCUT2D eigenvalue weighted by atomic mass is 10.1. The zero-order valence-corrected chi connectivity index (χ0v) is 19.3. The Balaban J connectivity index is 1.70. The van der Waals surface area contributed by atoms with Gasteiger partial charge in [0, 0.05) is 12.8 Å². The van der Waals surface area contributed by atoms with Crippen LogP contribution in [0, 0.1) is 0 Å². The molecule has 2 aromatic rings. The number of unbranched alkanes of at least 4 members (excludes halogenated alkanes) is 3. The third kappa shape index (κ3) is 5.51. The molecule has 26 heavy (non-hydrogen) atoms. The molecule has 0 fully saturated rings. The Morgan fingerprint density at radius 3 is 1.19 bits per heavy atom. The van der Waals surface area contributed by atoms with E-state index in [2.05, 4.69) is 0 Å². The van der Waals surface area contributed by atoms with Crippen molar-refractivity contribution in [3.63, 3.8) is 0 Å². The fourth-order valence-electron chi connectivity index (χ4n) is 2.24. The second-order valence-electron chi connectivity index (χ2n) is 5.43. The molecule has 142 valence electrons. The normalized spacial score (nSPS) is 11.2. The van der Waals surface area contributed by atoms with E-state index < -0.39 is 0 Å². The number of thiophene rings is 2. The van der Waals surface area contributed by atoms with E-state index in [0.29, 0.717) is 44.1 Å². The average Bonchev–Trinajstić information content (AvgIpc) is 3.02. The highest BCUT2D eigenvalue weighted by atomic mass is 35.5. The van der Waals surface area contributed by atoms with Crippen molar-refractivity contribution in [1.82, 2.24) is 0 Å². The fourth-order valence-corrected chi connectivity index (χ4v) is 5.82. The molecule has 0 aliphatic rings. The van der Waals surface area contributed by atoms with Crippen molar-refractivity contribution in [2.75, 3.05) is 0 Å². The van der Waals surface area contributed by atoms with Gasteiger partial charge in [-0.3, -0.25) is 9.59 Å². The van der Waals surface area contributed by atoms with Gasteiger partial charge < -0.3 is 0 Å². The van der Waals surface area contributed by atoms with Crippen LogP contribution in [0.1, 0.15) is 57.9 Å². The minimum Gasteiger partial charge on any atom is -0.293 e. The molecular formula is C16H12Cl6O2S2. The number of rotatable bonds is 9. The molecule has 0 saturated carbocycles. The predicted molar refractivity (Wildman–Crippen MR) is 115 cm³/mol. The minimum atomic E-state index is -0.0699. The van der Waals surface area contributed by atoms with Gasteiger partial charge in [-0.15, -0.1) is 22.7 Å². The minimum absolute atomic E-state index is 0.0699. The van der Waals surface area contributed by atoms with Crippen molar-refractivity contribution in [1.29, 1.82) is 0 Å². The topological polar surface area (TPSA) is 34.1 Å². The first-order valence-electron chi connectivity index (χ1n) is 7.57. The lowest BCUT2D eigenvalue weighted by Gasteiger charge is -2.01. The van der Waals surface area contributed by atoms with Crippen LogP contribution in [0.2, 0.25) is 28.8 Å². The molecule has 0 spiro atoms. The molecule has 2 aromatic heterocycles. The van der Waals surface area contributed by atoms with Gasteiger partial charge in [-0.1, -0.05) is 82.4 Å². The Bertz CT molecular complexity index is 759. The molecule has 0 aliphatic carbocycles. The van der Waals surface area contributed by atoms with E-state index in [1.165, 1.54) is 0 Å². The second-order valence-corrected chi connectivity index (χ2v) is 10.2. The number of ketones is 2. The van der Waals surface area contributed by atoms with Crippen LogP contribution in [0.5, 0.6) is 0 Å². The molecule has 0 atom stereocenters. The van der Waals surface area contributed by atoms with Gasteiger partial charge >= 0.3 is 0 Å². The second kappa shape index (κ2) is 10.3. The van der Waals surface area contributed by atoms with Crippen LogP contribution in [0.3, 0.4) is 0 Å². The highest BCUT2D eigenvalue weighted by molar-refractivity contribution is 7.20. The van der Waals surface area contributed by atoms with Crippen LogP contribution in [-0.4, -0.2) is 11.6 Å². The van der Waals surface area contributed by atoms with Gasteiger partial charge in [0.05, 0.1) is 29.8 Å². The first-order valence-corrected chi connectivity index (χ1v) is 11.5. The third-order valence-corrected chi connectivity index (χ3v) is 8.80. The summed E-state index contributed by atoms with van der Waals surface area (Å²) in [6.45, 7) is 0. The molecule has 0 N–H and O–H groups in total. The van der Waals surface area contributed by atoms with Gasteiger partial charge in [0.2, 0.25) is 0 Å². The van der Waals surface area contributed by atoms with Crippen molar-refractivity contribution in [3.8, 4) is 0 Å². The molecule has 2 heterocycles. The van der Waals surface area contributed by atoms with E-state index in [1.54, 1.807) is 0 Å². The molecule has 0 bridgehead atoms. The summed E-state index contributed by atoms with van der Waals surface area (Å²) in [5, 5.41) is 0.908. The molecule has 10 heteroatoms. The number of Topliss-reactive ketones (excluding diaryl/α,β-unsaturated/α-hetero) is 2. The van der Waals surface area contributed by atoms with Gasteiger partial charge in [0.15, 0.2) is 11.6 Å². The van der Waals surface area contributed by atoms with Crippen LogP contribution in [0.15, 0.2) is 0 Å². The van der Waals surface area contributed by atoms with Gasteiger partial charge in [0.1, 0.15) is 8.67 Å². The molecule has 0 saturated heterocycles. The Morgan fingerprint density at radius 2 is 0.923 bits per heavy atom. The summed E-state index contributed by atoms with van der Waals surface area (Å²) in [6.07, 6.45) is 3.78.